The van der Waals surface area contributed by atoms with Crippen LogP contribution in [0.3, 0.4) is 0 Å². The van der Waals surface area contributed by atoms with Gasteiger partial charge in [0, 0.05) is 5.56 Å². The van der Waals surface area contributed by atoms with Gasteiger partial charge < -0.3 is 4.74 Å². The molecule has 0 unspecified atom stereocenters. The van der Waals surface area contributed by atoms with Crippen LogP contribution >= 0.6 is 0 Å². The Morgan fingerprint density at radius 1 is 0.600 bits per heavy atom. The maximum atomic E-state index is 6.06. The molecule has 2 aromatic rings. The van der Waals surface area contributed by atoms with E-state index in [2.05, 4.69) is 61.5 Å². The van der Waals surface area contributed by atoms with Gasteiger partial charge in [0.1, 0.15) is 5.75 Å². The van der Waals surface area contributed by atoms with Crippen molar-refractivity contribution in [3.63, 3.8) is 0 Å². The first-order chi connectivity index (χ1) is 12.4. The number of hydrogen-bond donors (Lipinski definition) is 0. The maximum absolute atomic E-state index is 6.06. The van der Waals surface area contributed by atoms with Gasteiger partial charge >= 0.3 is 0 Å². The molecule has 0 aliphatic rings. The van der Waals surface area contributed by atoms with Crippen LogP contribution in [0.5, 0.6) is 5.75 Å². The number of para-hydroxylation sites is 1. The van der Waals surface area contributed by atoms with E-state index >= 15 is 0 Å². The first-order valence-corrected chi connectivity index (χ1v) is 10.2. The Balaban J connectivity index is 1.60. The zero-order chi connectivity index (χ0) is 17.6. The predicted molar refractivity (Wildman–Crippen MR) is 109 cm³/mol. The van der Waals surface area contributed by atoms with Crippen molar-refractivity contribution in [2.45, 2.75) is 71.1 Å². The van der Waals surface area contributed by atoms with Crippen LogP contribution in [0.25, 0.3) is 11.1 Å². The third-order valence-corrected chi connectivity index (χ3v) is 4.73. The van der Waals surface area contributed by atoms with E-state index < -0.39 is 0 Å². The van der Waals surface area contributed by atoms with Crippen LogP contribution < -0.4 is 4.74 Å². The summed E-state index contributed by atoms with van der Waals surface area (Å²) in [5.74, 6) is 1.00. The minimum Gasteiger partial charge on any atom is -0.493 e. The summed E-state index contributed by atoms with van der Waals surface area (Å²) in [5.41, 5.74) is 2.41. The van der Waals surface area contributed by atoms with Gasteiger partial charge in [-0.2, -0.15) is 0 Å². The molecule has 2 rings (SSSR count). The number of benzene rings is 2. The van der Waals surface area contributed by atoms with Crippen molar-refractivity contribution in [1.29, 1.82) is 0 Å². The highest BCUT2D eigenvalue weighted by molar-refractivity contribution is 5.70. The number of unbranched alkanes of at least 4 members (excludes halogenated alkanes) is 9. The molecule has 0 N–H and O–H groups in total. The summed E-state index contributed by atoms with van der Waals surface area (Å²) in [6.45, 7) is 3.10. The Kier molecular flexibility index (Phi) is 9.84. The summed E-state index contributed by atoms with van der Waals surface area (Å²) in [6, 6.07) is 18.8. The van der Waals surface area contributed by atoms with Crippen molar-refractivity contribution in [3.8, 4) is 16.9 Å². The normalized spacial score (nSPS) is 10.8. The molecule has 0 aliphatic carbocycles. The molecule has 0 aliphatic heterocycles. The van der Waals surface area contributed by atoms with Crippen LogP contribution in [0.15, 0.2) is 54.6 Å². The fourth-order valence-electron chi connectivity index (χ4n) is 3.22. The Hall–Kier alpha value is -1.76. The summed E-state index contributed by atoms with van der Waals surface area (Å²) >= 11 is 0. The lowest BCUT2D eigenvalue weighted by molar-refractivity contribution is 0.305. The Morgan fingerprint density at radius 3 is 1.84 bits per heavy atom. The highest BCUT2D eigenvalue weighted by atomic mass is 16.5. The van der Waals surface area contributed by atoms with E-state index in [-0.39, 0.29) is 0 Å². The molecule has 0 atom stereocenters. The number of rotatable bonds is 13. The van der Waals surface area contributed by atoms with Crippen LogP contribution in [-0.4, -0.2) is 6.61 Å². The summed E-state index contributed by atoms with van der Waals surface area (Å²) in [7, 11) is 0. The zero-order valence-electron chi connectivity index (χ0n) is 15.9. The maximum Gasteiger partial charge on any atom is 0.127 e. The molecule has 0 amide bonds. The molecule has 0 saturated carbocycles. The molecule has 1 nitrogen and oxygen atoms in total. The van der Waals surface area contributed by atoms with Crippen molar-refractivity contribution < 1.29 is 4.74 Å². The third-order valence-electron chi connectivity index (χ3n) is 4.73. The van der Waals surface area contributed by atoms with Crippen LogP contribution in [0.1, 0.15) is 71.1 Å². The fraction of sp³-hybridized carbons (Fsp3) is 0.500. The van der Waals surface area contributed by atoms with E-state index in [0.29, 0.717) is 0 Å². The molecule has 0 fully saturated rings. The van der Waals surface area contributed by atoms with Crippen molar-refractivity contribution >= 4 is 0 Å². The molecule has 0 spiro atoms. The molecule has 2 aromatic carbocycles. The van der Waals surface area contributed by atoms with E-state index in [1.807, 2.05) is 0 Å². The average Bonchev–Trinajstić information content (AvgIpc) is 2.67. The summed E-state index contributed by atoms with van der Waals surface area (Å²) < 4.78 is 6.06. The van der Waals surface area contributed by atoms with Gasteiger partial charge in [0.15, 0.2) is 0 Å². The van der Waals surface area contributed by atoms with Crippen LogP contribution in [0, 0.1) is 0 Å². The number of ether oxygens (including phenoxy) is 1. The van der Waals surface area contributed by atoms with E-state index in [0.717, 1.165) is 18.8 Å². The van der Waals surface area contributed by atoms with E-state index in [1.54, 1.807) is 0 Å². The number of hydrogen-bond acceptors (Lipinski definition) is 1. The SMILES string of the molecule is CCCCCCCCCCCCOc1ccccc1-c1ccccc1. The lowest BCUT2D eigenvalue weighted by Crippen LogP contribution is -1.98. The van der Waals surface area contributed by atoms with Gasteiger partial charge in [-0.05, 0) is 18.1 Å². The summed E-state index contributed by atoms with van der Waals surface area (Å²) in [6.07, 6.45) is 13.6. The first-order valence-electron chi connectivity index (χ1n) is 10.2. The molecule has 0 heterocycles. The monoisotopic (exact) mass is 338 g/mol. The standard InChI is InChI=1S/C24H34O/c1-2-3-4-5-6-7-8-9-10-16-21-25-24-20-15-14-19-23(24)22-17-12-11-13-18-22/h11-15,17-20H,2-10,16,21H2,1H3. The molecule has 0 bridgehead atoms. The third kappa shape index (κ3) is 7.77. The molecule has 25 heavy (non-hydrogen) atoms. The first kappa shape index (κ1) is 19.6. The lowest BCUT2D eigenvalue weighted by Gasteiger charge is -2.11. The van der Waals surface area contributed by atoms with Gasteiger partial charge in [-0.1, -0.05) is 113 Å². The van der Waals surface area contributed by atoms with Crippen molar-refractivity contribution in [2.24, 2.45) is 0 Å². The second-order valence-electron chi connectivity index (χ2n) is 6.89. The van der Waals surface area contributed by atoms with Crippen LogP contribution in [0.4, 0.5) is 0 Å². The zero-order valence-corrected chi connectivity index (χ0v) is 15.9. The predicted octanol–water partition coefficient (Wildman–Crippen LogP) is 7.65. The summed E-state index contributed by atoms with van der Waals surface area (Å²) in [5, 5.41) is 0. The Morgan fingerprint density at radius 2 is 1.16 bits per heavy atom. The molecule has 0 saturated heterocycles. The Bertz CT molecular complexity index is 561. The van der Waals surface area contributed by atoms with Gasteiger partial charge in [0.05, 0.1) is 6.61 Å². The van der Waals surface area contributed by atoms with E-state index in [1.165, 1.54) is 68.9 Å². The van der Waals surface area contributed by atoms with Gasteiger partial charge in [0.2, 0.25) is 0 Å². The van der Waals surface area contributed by atoms with Crippen molar-refractivity contribution in [1.82, 2.24) is 0 Å². The molecular formula is C24H34O. The minimum absolute atomic E-state index is 0.820. The fourth-order valence-corrected chi connectivity index (χ4v) is 3.22. The van der Waals surface area contributed by atoms with Gasteiger partial charge in [0.25, 0.3) is 0 Å². The average molecular weight is 339 g/mol. The molecule has 0 radical (unpaired) electrons. The minimum atomic E-state index is 0.820. The Labute approximate surface area is 154 Å². The van der Waals surface area contributed by atoms with Crippen LogP contribution in [0.2, 0.25) is 0 Å². The molecule has 0 aromatic heterocycles. The largest absolute Gasteiger partial charge is 0.493 e. The van der Waals surface area contributed by atoms with Crippen molar-refractivity contribution in [3.05, 3.63) is 54.6 Å². The highest BCUT2D eigenvalue weighted by Crippen LogP contribution is 2.29. The molecule has 136 valence electrons. The smallest absolute Gasteiger partial charge is 0.127 e. The van der Waals surface area contributed by atoms with Gasteiger partial charge in [-0.3, -0.25) is 0 Å². The quantitative estimate of drug-likeness (QED) is 0.341. The lowest BCUT2D eigenvalue weighted by atomic mass is 10.0. The highest BCUT2D eigenvalue weighted by Gasteiger charge is 2.04. The van der Waals surface area contributed by atoms with E-state index in [4.69, 9.17) is 4.74 Å². The summed E-state index contributed by atoms with van der Waals surface area (Å²) in [4.78, 5) is 0. The van der Waals surface area contributed by atoms with E-state index in [9.17, 15) is 0 Å². The van der Waals surface area contributed by atoms with Gasteiger partial charge in [-0.25, -0.2) is 0 Å². The molecule has 1 heteroatoms. The second kappa shape index (κ2) is 12.6. The van der Waals surface area contributed by atoms with Crippen molar-refractivity contribution in [2.75, 3.05) is 6.61 Å². The van der Waals surface area contributed by atoms with Gasteiger partial charge in [-0.15, -0.1) is 0 Å². The second-order valence-corrected chi connectivity index (χ2v) is 6.89. The van der Waals surface area contributed by atoms with Crippen LogP contribution in [-0.2, 0) is 0 Å². The molecular weight excluding hydrogens is 304 g/mol. The topological polar surface area (TPSA) is 9.23 Å².